The zero-order valence-electron chi connectivity index (χ0n) is 11.6. The molecule has 2 fully saturated rings. The molecule has 0 amide bonds. The number of hydrogen-bond donors (Lipinski definition) is 1. The highest BCUT2D eigenvalue weighted by Crippen LogP contribution is 2.25. The Balaban J connectivity index is 1.91. The van der Waals surface area contributed by atoms with Crippen LogP contribution in [-0.2, 0) is 4.79 Å². The van der Waals surface area contributed by atoms with E-state index in [4.69, 9.17) is 0 Å². The molecule has 0 spiro atoms. The van der Waals surface area contributed by atoms with Crippen LogP contribution in [0.1, 0.15) is 32.1 Å². The van der Waals surface area contributed by atoms with Gasteiger partial charge in [-0.25, -0.2) is 0 Å². The van der Waals surface area contributed by atoms with Crippen LogP contribution in [0.2, 0.25) is 0 Å². The van der Waals surface area contributed by atoms with Crippen LogP contribution in [0, 0.1) is 5.92 Å². The molecule has 4 nitrogen and oxygen atoms in total. The first kappa shape index (κ1) is 14.0. The lowest BCUT2D eigenvalue weighted by Gasteiger charge is -2.31. The number of likely N-dealkylation sites (tertiary alicyclic amines) is 1. The minimum Gasteiger partial charge on any atom is -0.392 e. The molecule has 3 atom stereocenters. The highest BCUT2D eigenvalue weighted by molar-refractivity contribution is 5.81. The Labute approximate surface area is 110 Å². The summed E-state index contributed by atoms with van der Waals surface area (Å²) in [5, 5.41) is 9.83. The van der Waals surface area contributed by atoms with Crippen molar-refractivity contribution in [3.63, 3.8) is 0 Å². The monoisotopic (exact) mass is 254 g/mol. The molecule has 18 heavy (non-hydrogen) atoms. The van der Waals surface area contributed by atoms with Crippen LogP contribution >= 0.6 is 0 Å². The van der Waals surface area contributed by atoms with Crippen LogP contribution < -0.4 is 0 Å². The molecule has 1 N–H and O–H groups in total. The van der Waals surface area contributed by atoms with Crippen molar-refractivity contribution in [3.05, 3.63) is 0 Å². The standard InChI is InChI=1S/C14H26N2O2/c1-15(2)9-12-7-13(17)10-16(12)8-11-5-3-4-6-14(11)18/h11-13,17H,3-10H2,1-2H3. The van der Waals surface area contributed by atoms with Gasteiger partial charge in [0.05, 0.1) is 6.10 Å². The Morgan fingerprint density at radius 3 is 2.83 bits per heavy atom. The molecule has 1 saturated heterocycles. The lowest BCUT2D eigenvalue weighted by atomic mass is 9.87. The zero-order valence-corrected chi connectivity index (χ0v) is 11.6. The summed E-state index contributed by atoms with van der Waals surface area (Å²) in [4.78, 5) is 16.4. The van der Waals surface area contributed by atoms with E-state index in [1.54, 1.807) is 0 Å². The van der Waals surface area contributed by atoms with Crippen LogP contribution in [-0.4, -0.2) is 66.6 Å². The van der Waals surface area contributed by atoms with E-state index in [0.29, 0.717) is 11.8 Å². The number of aliphatic hydroxyl groups is 1. The molecule has 0 radical (unpaired) electrons. The number of ketones is 1. The third-order valence-electron chi connectivity index (χ3n) is 4.22. The van der Waals surface area contributed by atoms with Gasteiger partial charge in [-0.15, -0.1) is 0 Å². The van der Waals surface area contributed by atoms with Crippen LogP contribution in [0.15, 0.2) is 0 Å². The SMILES string of the molecule is CN(C)CC1CC(O)CN1CC1CCCCC1=O. The molecule has 104 valence electrons. The van der Waals surface area contributed by atoms with Crippen LogP contribution in [0.25, 0.3) is 0 Å². The van der Waals surface area contributed by atoms with E-state index in [-0.39, 0.29) is 12.0 Å². The van der Waals surface area contributed by atoms with E-state index in [1.807, 2.05) is 0 Å². The molecular weight excluding hydrogens is 228 g/mol. The van der Waals surface area contributed by atoms with Gasteiger partial charge in [0, 0.05) is 38.0 Å². The van der Waals surface area contributed by atoms with Gasteiger partial charge in [0.2, 0.25) is 0 Å². The maximum atomic E-state index is 11.9. The van der Waals surface area contributed by atoms with E-state index in [0.717, 1.165) is 45.3 Å². The summed E-state index contributed by atoms with van der Waals surface area (Å²) in [5.74, 6) is 0.653. The fourth-order valence-corrected chi connectivity index (χ4v) is 3.32. The molecule has 4 heteroatoms. The molecule has 1 aliphatic carbocycles. The molecule has 1 heterocycles. The number of carbonyl (C=O) groups is 1. The van der Waals surface area contributed by atoms with Gasteiger partial charge in [-0.3, -0.25) is 9.69 Å². The van der Waals surface area contributed by atoms with Crippen molar-refractivity contribution < 1.29 is 9.90 Å². The van der Waals surface area contributed by atoms with Crippen molar-refractivity contribution >= 4 is 5.78 Å². The highest BCUT2D eigenvalue weighted by Gasteiger charge is 2.34. The summed E-state index contributed by atoms with van der Waals surface area (Å²) in [6.45, 7) is 2.56. The van der Waals surface area contributed by atoms with Gasteiger partial charge in [0.15, 0.2) is 0 Å². The van der Waals surface area contributed by atoms with Crippen molar-refractivity contribution in [1.82, 2.24) is 9.80 Å². The molecule has 2 aliphatic rings. The zero-order chi connectivity index (χ0) is 13.1. The second-order valence-electron chi connectivity index (χ2n) is 6.17. The Bertz CT molecular complexity index is 294. The number of nitrogens with zero attached hydrogens (tertiary/aromatic N) is 2. The van der Waals surface area contributed by atoms with E-state index >= 15 is 0 Å². The molecule has 0 aromatic heterocycles. The van der Waals surface area contributed by atoms with Crippen molar-refractivity contribution in [2.75, 3.05) is 33.7 Å². The van der Waals surface area contributed by atoms with Crippen molar-refractivity contribution in [3.8, 4) is 0 Å². The average molecular weight is 254 g/mol. The van der Waals surface area contributed by atoms with E-state index in [1.165, 1.54) is 6.42 Å². The smallest absolute Gasteiger partial charge is 0.137 e. The molecule has 2 rings (SSSR count). The molecule has 0 aromatic carbocycles. The van der Waals surface area contributed by atoms with Gasteiger partial charge in [-0.05, 0) is 33.4 Å². The molecule has 0 aromatic rings. The normalized spacial score (nSPS) is 34.4. The van der Waals surface area contributed by atoms with Crippen molar-refractivity contribution in [2.45, 2.75) is 44.2 Å². The Kier molecular flexibility index (Phi) is 4.76. The molecule has 3 unspecified atom stereocenters. The fraction of sp³-hybridized carbons (Fsp3) is 0.929. The van der Waals surface area contributed by atoms with Gasteiger partial charge in [0.25, 0.3) is 0 Å². The van der Waals surface area contributed by atoms with E-state index in [9.17, 15) is 9.90 Å². The third-order valence-corrected chi connectivity index (χ3v) is 4.22. The highest BCUT2D eigenvalue weighted by atomic mass is 16.3. The fourth-order valence-electron chi connectivity index (χ4n) is 3.32. The molecule has 1 aliphatic heterocycles. The van der Waals surface area contributed by atoms with Crippen molar-refractivity contribution in [2.24, 2.45) is 5.92 Å². The van der Waals surface area contributed by atoms with E-state index < -0.39 is 0 Å². The van der Waals surface area contributed by atoms with Gasteiger partial charge in [0.1, 0.15) is 5.78 Å². The maximum Gasteiger partial charge on any atom is 0.137 e. The first-order valence-electron chi connectivity index (χ1n) is 7.16. The third kappa shape index (κ3) is 3.53. The van der Waals surface area contributed by atoms with Crippen molar-refractivity contribution in [1.29, 1.82) is 0 Å². The number of β-amino-alcohol motifs (C(OH)–C–C–N with tert-alkyl or cyclic N) is 1. The number of Topliss-reactive ketones (excluding diaryl/α,β-unsaturated/α-hetero) is 1. The summed E-state index contributed by atoms with van der Waals surface area (Å²) in [5.41, 5.74) is 0. The summed E-state index contributed by atoms with van der Waals surface area (Å²) < 4.78 is 0. The number of carbonyl (C=O) groups excluding carboxylic acids is 1. The second-order valence-corrected chi connectivity index (χ2v) is 6.17. The Morgan fingerprint density at radius 2 is 2.17 bits per heavy atom. The van der Waals surface area contributed by atoms with E-state index in [2.05, 4.69) is 23.9 Å². The second kappa shape index (κ2) is 6.13. The largest absolute Gasteiger partial charge is 0.392 e. The quantitative estimate of drug-likeness (QED) is 0.804. The summed E-state index contributed by atoms with van der Waals surface area (Å²) in [6, 6.07) is 0.407. The minimum atomic E-state index is -0.214. The minimum absolute atomic E-state index is 0.214. The lowest BCUT2D eigenvalue weighted by molar-refractivity contribution is -0.125. The number of aliphatic hydroxyl groups excluding tert-OH is 1. The van der Waals surface area contributed by atoms with Gasteiger partial charge in [-0.1, -0.05) is 6.42 Å². The lowest BCUT2D eigenvalue weighted by Crippen LogP contribution is -2.42. The van der Waals surface area contributed by atoms with Crippen LogP contribution in [0.5, 0.6) is 0 Å². The summed E-state index contributed by atoms with van der Waals surface area (Å²) in [7, 11) is 4.13. The molecule has 0 bridgehead atoms. The maximum absolute atomic E-state index is 11.9. The summed E-state index contributed by atoms with van der Waals surface area (Å²) in [6.07, 6.45) is 4.69. The summed E-state index contributed by atoms with van der Waals surface area (Å²) >= 11 is 0. The average Bonchev–Trinajstić information content (AvgIpc) is 2.61. The van der Waals surface area contributed by atoms with Gasteiger partial charge >= 0.3 is 0 Å². The molecule has 1 saturated carbocycles. The Morgan fingerprint density at radius 1 is 1.39 bits per heavy atom. The van der Waals surface area contributed by atoms with Gasteiger partial charge in [-0.2, -0.15) is 0 Å². The predicted molar refractivity (Wildman–Crippen MR) is 71.5 cm³/mol. The van der Waals surface area contributed by atoms with Gasteiger partial charge < -0.3 is 10.0 Å². The van der Waals surface area contributed by atoms with Crippen LogP contribution in [0.3, 0.4) is 0 Å². The first-order valence-corrected chi connectivity index (χ1v) is 7.16. The van der Waals surface area contributed by atoms with Crippen LogP contribution in [0.4, 0.5) is 0 Å². The Hall–Kier alpha value is -0.450. The number of rotatable bonds is 4. The predicted octanol–water partition coefficient (Wildman–Crippen LogP) is 0.742. The molecular formula is C14H26N2O2. The number of hydrogen-bond acceptors (Lipinski definition) is 4. The first-order chi connectivity index (χ1) is 8.56. The topological polar surface area (TPSA) is 43.8 Å². The number of likely N-dealkylation sites (N-methyl/N-ethyl adjacent to an activating group) is 1.